The molecule has 2 amide bonds. The van der Waals surface area contributed by atoms with Crippen molar-refractivity contribution in [1.82, 2.24) is 10.6 Å². The summed E-state index contributed by atoms with van der Waals surface area (Å²) in [6.07, 6.45) is 0. The summed E-state index contributed by atoms with van der Waals surface area (Å²) in [6, 6.07) is 7.60. The summed E-state index contributed by atoms with van der Waals surface area (Å²) in [5, 5.41) is 5.65. The first-order valence-electron chi connectivity index (χ1n) is 4.84. The van der Waals surface area contributed by atoms with Crippen molar-refractivity contribution in [2.24, 2.45) is 0 Å². The molecule has 1 atom stereocenters. The minimum Gasteiger partial charge on any atom is -0.497 e. The van der Waals surface area contributed by atoms with Gasteiger partial charge in [-0.3, -0.25) is 0 Å². The van der Waals surface area contributed by atoms with Gasteiger partial charge in [0.25, 0.3) is 0 Å². The minimum atomic E-state index is -0.342. The summed E-state index contributed by atoms with van der Waals surface area (Å²) in [6.45, 7) is 2.58. The third-order valence-electron chi connectivity index (χ3n) is 2.70. The van der Waals surface area contributed by atoms with Gasteiger partial charge in [0.1, 0.15) is 5.75 Å². The first-order chi connectivity index (χ1) is 7.14. The zero-order valence-corrected chi connectivity index (χ0v) is 8.83. The maximum Gasteiger partial charge on any atom is 0.315 e. The number of rotatable bonds is 2. The molecule has 1 heterocycles. The number of nitrogens with one attached hydrogen (secondary N) is 2. The van der Waals surface area contributed by atoms with Gasteiger partial charge in [-0.05, 0) is 24.6 Å². The molecule has 80 valence electrons. The second-order valence-electron chi connectivity index (χ2n) is 3.87. The Kier molecular flexibility index (Phi) is 2.26. The molecule has 1 fully saturated rings. The number of ether oxygens (including phenoxy) is 1. The molecular weight excluding hydrogens is 192 g/mol. The van der Waals surface area contributed by atoms with Gasteiger partial charge in [0, 0.05) is 6.54 Å². The zero-order chi connectivity index (χ0) is 10.9. The van der Waals surface area contributed by atoms with Crippen molar-refractivity contribution in [3.63, 3.8) is 0 Å². The SMILES string of the molecule is COc1cccc(C2(C)CNC(=O)N2)c1. The van der Waals surface area contributed by atoms with Crippen LogP contribution in [0.5, 0.6) is 5.75 Å². The number of carbonyl (C=O) groups excluding carboxylic acids is 1. The molecule has 1 unspecified atom stereocenters. The number of hydrogen-bond donors (Lipinski definition) is 2. The number of carbonyl (C=O) groups is 1. The fourth-order valence-corrected chi connectivity index (χ4v) is 1.74. The number of urea groups is 1. The van der Waals surface area contributed by atoms with Gasteiger partial charge < -0.3 is 15.4 Å². The lowest BCUT2D eigenvalue weighted by molar-refractivity contribution is 0.245. The van der Waals surface area contributed by atoms with Crippen LogP contribution in [0.3, 0.4) is 0 Å². The summed E-state index contributed by atoms with van der Waals surface area (Å²) >= 11 is 0. The van der Waals surface area contributed by atoms with Gasteiger partial charge >= 0.3 is 6.03 Å². The van der Waals surface area contributed by atoms with Gasteiger partial charge in [0.05, 0.1) is 12.6 Å². The Morgan fingerprint density at radius 3 is 2.87 bits per heavy atom. The molecule has 0 bridgehead atoms. The Bertz CT molecular complexity index is 392. The topological polar surface area (TPSA) is 50.4 Å². The molecule has 4 nitrogen and oxygen atoms in total. The van der Waals surface area contributed by atoms with Gasteiger partial charge in [-0.1, -0.05) is 12.1 Å². The molecule has 0 radical (unpaired) electrons. The van der Waals surface area contributed by atoms with Crippen molar-refractivity contribution in [1.29, 1.82) is 0 Å². The average molecular weight is 206 g/mol. The smallest absolute Gasteiger partial charge is 0.315 e. The van der Waals surface area contributed by atoms with Crippen LogP contribution < -0.4 is 15.4 Å². The third-order valence-corrected chi connectivity index (χ3v) is 2.70. The monoisotopic (exact) mass is 206 g/mol. The van der Waals surface area contributed by atoms with E-state index in [4.69, 9.17) is 4.74 Å². The summed E-state index contributed by atoms with van der Waals surface area (Å²) in [5.41, 5.74) is 0.700. The van der Waals surface area contributed by atoms with Crippen LogP contribution in [-0.4, -0.2) is 19.7 Å². The standard InChI is InChI=1S/C11H14N2O2/c1-11(7-12-10(14)13-11)8-4-3-5-9(6-8)15-2/h3-6H,7H2,1-2H3,(H2,12,13,14). The molecule has 0 spiro atoms. The van der Waals surface area contributed by atoms with Crippen molar-refractivity contribution in [3.05, 3.63) is 29.8 Å². The summed E-state index contributed by atoms with van der Waals surface area (Å²) in [5.74, 6) is 0.801. The maximum absolute atomic E-state index is 11.1. The van der Waals surface area contributed by atoms with Crippen molar-refractivity contribution in [2.75, 3.05) is 13.7 Å². The molecule has 2 rings (SSSR count). The molecule has 0 aliphatic carbocycles. The van der Waals surface area contributed by atoms with E-state index in [1.807, 2.05) is 31.2 Å². The molecule has 1 saturated heterocycles. The van der Waals surface area contributed by atoms with Crippen LogP contribution in [0.25, 0.3) is 0 Å². The highest BCUT2D eigenvalue weighted by molar-refractivity contribution is 5.78. The first kappa shape index (κ1) is 9.83. The highest BCUT2D eigenvalue weighted by atomic mass is 16.5. The molecule has 0 aromatic heterocycles. The quantitative estimate of drug-likeness (QED) is 0.764. The van der Waals surface area contributed by atoms with Gasteiger partial charge in [-0.25, -0.2) is 4.79 Å². The molecule has 1 aromatic carbocycles. The highest BCUT2D eigenvalue weighted by Crippen LogP contribution is 2.25. The Morgan fingerprint density at radius 2 is 2.27 bits per heavy atom. The van der Waals surface area contributed by atoms with Crippen LogP contribution in [0.15, 0.2) is 24.3 Å². The van der Waals surface area contributed by atoms with Crippen molar-refractivity contribution in [2.45, 2.75) is 12.5 Å². The second-order valence-corrected chi connectivity index (χ2v) is 3.87. The lowest BCUT2D eigenvalue weighted by Gasteiger charge is -2.23. The third kappa shape index (κ3) is 1.75. The maximum atomic E-state index is 11.1. The van der Waals surface area contributed by atoms with Crippen molar-refractivity contribution >= 4 is 6.03 Å². The molecule has 4 heteroatoms. The Labute approximate surface area is 88.6 Å². The van der Waals surface area contributed by atoms with E-state index in [1.165, 1.54) is 0 Å². The van der Waals surface area contributed by atoms with E-state index < -0.39 is 0 Å². The summed E-state index contributed by atoms with van der Waals surface area (Å²) < 4.78 is 5.15. The lowest BCUT2D eigenvalue weighted by atomic mass is 9.93. The van der Waals surface area contributed by atoms with E-state index in [1.54, 1.807) is 7.11 Å². The molecule has 1 aliphatic heterocycles. The molecule has 1 aromatic rings. The van der Waals surface area contributed by atoms with Gasteiger partial charge in [0.15, 0.2) is 0 Å². The van der Waals surface area contributed by atoms with Crippen LogP contribution in [0.4, 0.5) is 4.79 Å². The van der Waals surface area contributed by atoms with Gasteiger partial charge in [0.2, 0.25) is 0 Å². The summed E-state index contributed by atoms with van der Waals surface area (Å²) in [7, 11) is 1.63. The summed E-state index contributed by atoms with van der Waals surface area (Å²) in [4.78, 5) is 11.1. The van der Waals surface area contributed by atoms with Crippen LogP contribution in [-0.2, 0) is 5.54 Å². The predicted molar refractivity (Wildman–Crippen MR) is 56.9 cm³/mol. The zero-order valence-electron chi connectivity index (χ0n) is 8.83. The highest BCUT2D eigenvalue weighted by Gasteiger charge is 2.34. The van der Waals surface area contributed by atoms with E-state index in [9.17, 15) is 4.79 Å². The normalized spacial score (nSPS) is 24.5. The second kappa shape index (κ2) is 3.46. The van der Waals surface area contributed by atoms with Crippen LogP contribution in [0.2, 0.25) is 0 Å². The number of amides is 2. The molecule has 2 N–H and O–H groups in total. The van der Waals surface area contributed by atoms with Crippen LogP contribution in [0, 0.1) is 0 Å². The molecule has 15 heavy (non-hydrogen) atoms. The Balaban J connectivity index is 2.32. The molecular formula is C11H14N2O2. The number of benzene rings is 1. The van der Waals surface area contributed by atoms with Crippen molar-refractivity contribution < 1.29 is 9.53 Å². The predicted octanol–water partition coefficient (Wildman–Crippen LogP) is 1.22. The van der Waals surface area contributed by atoms with Crippen LogP contribution in [0.1, 0.15) is 12.5 Å². The van der Waals surface area contributed by atoms with Crippen LogP contribution >= 0.6 is 0 Å². The van der Waals surface area contributed by atoms with E-state index in [-0.39, 0.29) is 11.6 Å². The average Bonchev–Trinajstić information content (AvgIpc) is 2.60. The van der Waals surface area contributed by atoms with Crippen molar-refractivity contribution in [3.8, 4) is 5.75 Å². The number of hydrogen-bond acceptors (Lipinski definition) is 2. The molecule has 0 saturated carbocycles. The fraction of sp³-hybridized carbons (Fsp3) is 0.364. The molecule has 1 aliphatic rings. The first-order valence-corrected chi connectivity index (χ1v) is 4.84. The van der Waals surface area contributed by atoms with E-state index in [0.717, 1.165) is 11.3 Å². The Morgan fingerprint density at radius 1 is 1.47 bits per heavy atom. The van der Waals surface area contributed by atoms with Gasteiger partial charge in [-0.2, -0.15) is 0 Å². The number of methoxy groups -OCH3 is 1. The Hall–Kier alpha value is -1.71. The largest absolute Gasteiger partial charge is 0.497 e. The lowest BCUT2D eigenvalue weighted by Crippen LogP contribution is -2.37. The fourth-order valence-electron chi connectivity index (χ4n) is 1.74. The van der Waals surface area contributed by atoms with E-state index >= 15 is 0 Å². The van der Waals surface area contributed by atoms with Gasteiger partial charge in [-0.15, -0.1) is 0 Å². The van der Waals surface area contributed by atoms with E-state index in [0.29, 0.717) is 6.54 Å². The van der Waals surface area contributed by atoms with E-state index in [2.05, 4.69) is 10.6 Å². The minimum absolute atomic E-state index is 0.125.